The normalized spacial score (nSPS) is 33.4. The minimum atomic E-state index is -1.22. The highest BCUT2D eigenvalue weighted by atomic mass is 32.2. The third-order valence-corrected chi connectivity index (χ3v) is 3.76. The van der Waals surface area contributed by atoms with Gasteiger partial charge in [-0.2, -0.15) is 0 Å². The molecule has 0 aromatic heterocycles. The van der Waals surface area contributed by atoms with Crippen LogP contribution in [0.3, 0.4) is 0 Å². The Morgan fingerprint density at radius 2 is 2.44 bits per heavy atom. The quantitative estimate of drug-likeness (QED) is 0.555. The molecule has 88 valence electrons. The van der Waals surface area contributed by atoms with E-state index in [0.29, 0.717) is 11.7 Å². The molecule has 0 spiro atoms. The first kappa shape index (κ1) is 11.2. The predicted octanol–water partition coefficient (Wildman–Crippen LogP) is -1.32. The average molecular weight is 245 g/mol. The van der Waals surface area contributed by atoms with E-state index in [2.05, 4.69) is 4.99 Å². The SMILES string of the molecule is COC1=N[C@@H](C(=O)O)N2C(=O)[C@H](N)[C@@H]2SC1. The summed E-state index contributed by atoms with van der Waals surface area (Å²) in [6, 6.07) is -0.641. The molecule has 1 amide bonds. The Labute approximate surface area is 95.6 Å². The van der Waals surface area contributed by atoms with Gasteiger partial charge in [0.2, 0.25) is 12.1 Å². The number of carboxylic acids is 1. The maximum atomic E-state index is 11.5. The Balaban J connectivity index is 2.29. The number of nitrogens with zero attached hydrogens (tertiary/aromatic N) is 2. The number of aliphatic imine (C=N–C) groups is 1. The molecule has 0 aromatic carbocycles. The Hall–Kier alpha value is -1.28. The van der Waals surface area contributed by atoms with Gasteiger partial charge in [-0.15, -0.1) is 11.8 Å². The molecule has 8 heteroatoms. The number of amides is 1. The Morgan fingerprint density at radius 3 is 3.00 bits per heavy atom. The lowest BCUT2D eigenvalue weighted by Gasteiger charge is -2.44. The molecule has 2 rings (SSSR count). The van der Waals surface area contributed by atoms with Gasteiger partial charge in [0.25, 0.3) is 0 Å². The van der Waals surface area contributed by atoms with Crippen LogP contribution in [0.25, 0.3) is 0 Å². The number of nitrogens with two attached hydrogens (primary N) is 1. The summed E-state index contributed by atoms with van der Waals surface area (Å²) < 4.78 is 4.93. The molecule has 16 heavy (non-hydrogen) atoms. The number of methoxy groups -OCH3 is 1. The Kier molecular flexibility index (Phi) is 2.76. The molecule has 0 saturated carbocycles. The van der Waals surface area contributed by atoms with E-state index in [0.717, 1.165) is 0 Å². The lowest BCUT2D eigenvalue weighted by molar-refractivity contribution is -0.159. The molecule has 3 atom stereocenters. The zero-order chi connectivity index (χ0) is 11.9. The summed E-state index contributed by atoms with van der Waals surface area (Å²) >= 11 is 1.36. The van der Waals surface area contributed by atoms with E-state index in [1.54, 1.807) is 0 Å². The van der Waals surface area contributed by atoms with Gasteiger partial charge in [0.15, 0.2) is 5.90 Å². The van der Waals surface area contributed by atoms with Crippen LogP contribution in [0, 0.1) is 0 Å². The molecular formula is C8H11N3O4S. The van der Waals surface area contributed by atoms with Gasteiger partial charge in [-0.1, -0.05) is 0 Å². The van der Waals surface area contributed by atoms with Crippen LogP contribution in [-0.2, 0) is 14.3 Å². The number of carbonyl (C=O) groups excluding carboxylic acids is 1. The molecule has 1 fully saturated rings. The monoisotopic (exact) mass is 245 g/mol. The molecule has 0 unspecified atom stereocenters. The van der Waals surface area contributed by atoms with Gasteiger partial charge in [-0.3, -0.25) is 9.69 Å². The van der Waals surface area contributed by atoms with Crippen molar-refractivity contribution in [2.24, 2.45) is 10.7 Å². The maximum Gasteiger partial charge on any atom is 0.349 e. The molecule has 0 bridgehead atoms. The van der Waals surface area contributed by atoms with Crippen molar-refractivity contribution in [2.75, 3.05) is 12.9 Å². The molecule has 0 radical (unpaired) electrons. The van der Waals surface area contributed by atoms with Crippen molar-refractivity contribution in [2.45, 2.75) is 17.6 Å². The second-order valence-corrected chi connectivity index (χ2v) is 4.52. The van der Waals surface area contributed by atoms with Crippen molar-refractivity contribution in [3.8, 4) is 0 Å². The standard InChI is InChI=1S/C8H11N3O4S/c1-15-3-2-16-7-4(9)6(12)11(7)5(10-3)8(13)14/h4-5,7H,2,9H2,1H3,(H,13,14)/t4-,5+,7-/m0/s1. The average Bonchev–Trinajstić information content (AvgIpc) is 2.45. The number of rotatable bonds is 1. The van der Waals surface area contributed by atoms with Crippen LogP contribution in [0.1, 0.15) is 0 Å². The summed E-state index contributed by atoms with van der Waals surface area (Å²) in [4.78, 5) is 27.5. The number of hydrogen-bond donors (Lipinski definition) is 2. The summed E-state index contributed by atoms with van der Waals surface area (Å²) in [6.45, 7) is 0. The second-order valence-electron chi connectivity index (χ2n) is 3.41. The summed E-state index contributed by atoms with van der Waals surface area (Å²) in [5.41, 5.74) is 5.60. The van der Waals surface area contributed by atoms with Crippen molar-refractivity contribution in [3.05, 3.63) is 0 Å². The zero-order valence-corrected chi connectivity index (χ0v) is 9.31. The minimum Gasteiger partial charge on any atom is -0.484 e. The second kappa shape index (κ2) is 3.95. The lowest BCUT2D eigenvalue weighted by Crippen LogP contribution is -2.70. The Morgan fingerprint density at radius 1 is 1.75 bits per heavy atom. The van der Waals surface area contributed by atoms with Gasteiger partial charge in [-0.25, -0.2) is 9.79 Å². The highest BCUT2D eigenvalue weighted by molar-refractivity contribution is 8.00. The van der Waals surface area contributed by atoms with Gasteiger partial charge < -0.3 is 15.6 Å². The van der Waals surface area contributed by atoms with E-state index in [1.807, 2.05) is 0 Å². The third-order valence-electron chi connectivity index (χ3n) is 2.48. The van der Waals surface area contributed by atoms with Crippen molar-refractivity contribution in [3.63, 3.8) is 0 Å². The van der Waals surface area contributed by atoms with Crippen LogP contribution < -0.4 is 5.73 Å². The molecule has 2 aliphatic heterocycles. The highest BCUT2D eigenvalue weighted by Gasteiger charge is 2.52. The first-order chi connectivity index (χ1) is 7.56. The van der Waals surface area contributed by atoms with Gasteiger partial charge in [0.05, 0.1) is 12.9 Å². The van der Waals surface area contributed by atoms with E-state index in [-0.39, 0.29) is 11.3 Å². The van der Waals surface area contributed by atoms with Crippen molar-refractivity contribution < 1.29 is 19.4 Å². The summed E-state index contributed by atoms with van der Waals surface area (Å²) in [5, 5.41) is 8.67. The molecule has 2 aliphatic rings. The summed E-state index contributed by atoms with van der Waals surface area (Å²) in [7, 11) is 1.42. The first-order valence-corrected chi connectivity index (χ1v) is 5.64. The number of β-lactam (4-membered cyclic amide) rings is 1. The third kappa shape index (κ3) is 1.54. The number of carboxylic acid groups (broad SMARTS) is 1. The van der Waals surface area contributed by atoms with E-state index in [1.165, 1.54) is 23.8 Å². The smallest absolute Gasteiger partial charge is 0.349 e. The highest BCUT2D eigenvalue weighted by Crippen LogP contribution is 2.33. The molecule has 1 saturated heterocycles. The molecule has 7 nitrogen and oxygen atoms in total. The van der Waals surface area contributed by atoms with Gasteiger partial charge in [-0.05, 0) is 0 Å². The number of fused-ring (bicyclic) bond motifs is 1. The molecule has 2 heterocycles. The number of hydrogen-bond acceptors (Lipinski definition) is 6. The molecule has 3 N–H and O–H groups in total. The van der Waals surface area contributed by atoms with E-state index in [4.69, 9.17) is 15.6 Å². The van der Waals surface area contributed by atoms with Crippen LogP contribution in [-0.4, -0.2) is 58.2 Å². The summed E-state index contributed by atoms with van der Waals surface area (Å²) in [5.74, 6) is -0.831. The zero-order valence-electron chi connectivity index (χ0n) is 8.49. The first-order valence-electron chi connectivity index (χ1n) is 4.59. The predicted molar refractivity (Wildman–Crippen MR) is 56.9 cm³/mol. The fourth-order valence-electron chi connectivity index (χ4n) is 1.63. The number of aliphatic carboxylic acids is 1. The largest absolute Gasteiger partial charge is 0.484 e. The van der Waals surface area contributed by atoms with Gasteiger partial charge in [0, 0.05) is 0 Å². The van der Waals surface area contributed by atoms with Crippen LogP contribution >= 0.6 is 11.8 Å². The number of carbonyl (C=O) groups is 2. The molecular weight excluding hydrogens is 234 g/mol. The maximum absolute atomic E-state index is 11.5. The van der Waals surface area contributed by atoms with Crippen molar-refractivity contribution in [1.82, 2.24) is 4.90 Å². The van der Waals surface area contributed by atoms with Crippen LogP contribution in [0.2, 0.25) is 0 Å². The Bertz CT molecular complexity index is 372. The van der Waals surface area contributed by atoms with Crippen LogP contribution in [0.5, 0.6) is 0 Å². The molecule has 0 aromatic rings. The fourth-order valence-corrected chi connectivity index (χ4v) is 2.84. The lowest BCUT2D eigenvalue weighted by atomic mass is 10.1. The topological polar surface area (TPSA) is 105 Å². The molecule has 0 aliphatic carbocycles. The number of ether oxygens (including phenoxy) is 1. The number of thioether (sulfide) groups is 1. The van der Waals surface area contributed by atoms with E-state index in [9.17, 15) is 9.59 Å². The van der Waals surface area contributed by atoms with Crippen molar-refractivity contribution in [1.29, 1.82) is 0 Å². The fraction of sp³-hybridized carbons (Fsp3) is 0.625. The van der Waals surface area contributed by atoms with Crippen LogP contribution in [0.4, 0.5) is 0 Å². The summed E-state index contributed by atoms with van der Waals surface area (Å²) in [6.07, 6.45) is -1.22. The van der Waals surface area contributed by atoms with Gasteiger partial charge >= 0.3 is 5.97 Å². The van der Waals surface area contributed by atoms with E-state index < -0.39 is 18.2 Å². The van der Waals surface area contributed by atoms with E-state index >= 15 is 0 Å². The minimum absolute atomic E-state index is 0.312. The van der Waals surface area contributed by atoms with Gasteiger partial charge in [0.1, 0.15) is 11.4 Å². The van der Waals surface area contributed by atoms with Crippen molar-refractivity contribution >= 4 is 29.5 Å². The van der Waals surface area contributed by atoms with Crippen LogP contribution in [0.15, 0.2) is 4.99 Å².